The molecule has 1 atom stereocenters. The highest BCUT2D eigenvalue weighted by Gasteiger charge is 2.41. The lowest BCUT2D eigenvalue weighted by Crippen LogP contribution is -2.33. The van der Waals surface area contributed by atoms with Gasteiger partial charge in [0.15, 0.2) is 0 Å². The lowest BCUT2D eigenvalue weighted by atomic mass is 10.1. The normalized spacial score (nSPS) is 17.4. The second-order valence-electron chi connectivity index (χ2n) is 6.03. The molecule has 0 bridgehead atoms. The second kappa shape index (κ2) is 6.30. The van der Waals surface area contributed by atoms with Crippen molar-refractivity contribution in [3.8, 4) is 0 Å². The summed E-state index contributed by atoms with van der Waals surface area (Å²) >= 11 is 1.56. The quantitative estimate of drug-likeness (QED) is 0.731. The van der Waals surface area contributed by atoms with E-state index >= 15 is 0 Å². The van der Waals surface area contributed by atoms with Gasteiger partial charge in [-0.3, -0.25) is 4.79 Å². The van der Waals surface area contributed by atoms with Gasteiger partial charge < -0.3 is 15.4 Å². The number of para-hydroxylation sites is 2. The first-order valence-electron chi connectivity index (χ1n) is 7.56. The van der Waals surface area contributed by atoms with Gasteiger partial charge in [-0.25, -0.2) is 4.98 Å². The summed E-state index contributed by atoms with van der Waals surface area (Å²) in [6.07, 6.45) is 2.01. The molecule has 1 heterocycles. The summed E-state index contributed by atoms with van der Waals surface area (Å²) in [5, 5.41) is 12.3. The van der Waals surface area contributed by atoms with Crippen molar-refractivity contribution in [3.63, 3.8) is 0 Å². The van der Waals surface area contributed by atoms with Crippen molar-refractivity contribution < 1.29 is 9.90 Å². The molecular weight excluding hydrogens is 298 g/mol. The third kappa shape index (κ3) is 3.44. The Balaban J connectivity index is 1.49. The molecule has 3 N–H and O–H groups in total. The number of nitrogens with zero attached hydrogens (tertiary/aromatic N) is 1. The van der Waals surface area contributed by atoms with E-state index < -0.39 is 0 Å². The predicted octanol–water partition coefficient (Wildman–Crippen LogP) is 2.25. The minimum atomic E-state index is -0.0370. The topological polar surface area (TPSA) is 78.0 Å². The van der Waals surface area contributed by atoms with Crippen LogP contribution in [-0.4, -0.2) is 39.9 Å². The molecule has 1 aliphatic rings. The number of carbonyl (C=O) groups excluding carboxylic acids is 1. The standard InChI is InChI=1S/C16H21N3O2S/c1-11(15-18-12-4-2-3-5-13(12)19-15)22-8-14(21)17-9-16(10-20)6-7-16/h2-5,11,20H,6-10H2,1H3,(H,17,21)(H,18,19). The molecule has 1 amide bonds. The number of nitrogens with one attached hydrogen (secondary N) is 2. The summed E-state index contributed by atoms with van der Waals surface area (Å²) in [6.45, 7) is 2.80. The van der Waals surface area contributed by atoms with Gasteiger partial charge in [-0.1, -0.05) is 12.1 Å². The van der Waals surface area contributed by atoms with Crippen LogP contribution < -0.4 is 5.32 Å². The Labute approximate surface area is 133 Å². The number of fused-ring (bicyclic) bond motifs is 1. The molecular formula is C16H21N3O2S. The number of H-pyrrole nitrogens is 1. The van der Waals surface area contributed by atoms with E-state index in [1.54, 1.807) is 11.8 Å². The number of aromatic amines is 1. The van der Waals surface area contributed by atoms with Gasteiger partial charge in [0, 0.05) is 12.0 Å². The highest BCUT2D eigenvalue weighted by Crippen LogP contribution is 2.44. The van der Waals surface area contributed by atoms with Crippen molar-refractivity contribution in [3.05, 3.63) is 30.1 Å². The van der Waals surface area contributed by atoms with Gasteiger partial charge in [-0.15, -0.1) is 11.8 Å². The molecule has 1 aliphatic carbocycles. The number of amides is 1. The smallest absolute Gasteiger partial charge is 0.230 e. The van der Waals surface area contributed by atoms with Gasteiger partial charge in [-0.05, 0) is 31.9 Å². The number of hydrogen-bond acceptors (Lipinski definition) is 4. The summed E-state index contributed by atoms with van der Waals surface area (Å²) < 4.78 is 0. The van der Waals surface area contributed by atoms with Gasteiger partial charge in [0.25, 0.3) is 0 Å². The van der Waals surface area contributed by atoms with E-state index in [4.69, 9.17) is 0 Å². The largest absolute Gasteiger partial charge is 0.396 e. The molecule has 6 heteroatoms. The molecule has 0 aliphatic heterocycles. The number of thioether (sulfide) groups is 1. The van der Waals surface area contributed by atoms with Crippen LogP contribution in [0.2, 0.25) is 0 Å². The maximum absolute atomic E-state index is 11.9. The zero-order chi connectivity index (χ0) is 15.6. The van der Waals surface area contributed by atoms with Crippen LogP contribution in [-0.2, 0) is 4.79 Å². The Morgan fingerprint density at radius 2 is 2.27 bits per heavy atom. The predicted molar refractivity (Wildman–Crippen MR) is 88.7 cm³/mol. The molecule has 1 unspecified atom stereocenters. The number of imidazole rings is 1. The number of carbonyl (C=O) groups is 1. The van der Waals surface area contributed by atoms with Crippen molar-refractivity contribution >= 4 is 28.7 Å². The van der Waals surface area contributed by atoms with Gasteiger partial charge >= 0.3 is 0 Å². The molecule has 22 heavy (non-hydrogen) atoms. The summed E-state index contributed by atoms with van der Waals surface area (Å²) in [7, 11) is 0. The van der Waals surface area contributed by atoms with E-state index in [1.807, 2.05) is 31.2 Å². The molecule has 118 valence electrons. The van der Waals surface area contributed by atoms with E-state index in [2.05, 4.69) is 15.3 Å². The summed E-state index contributed by atoms with van der Waals surface area (Å²) in [4.78, 5) is 19.8. The summed E-state index contributed by atoms with van der Waals surface area (Å²) in [5.41, 5.74) is 1.94. The van der Waals surface area contributed by atoms with Crippen LogP contribution >= 0.6 is 11.8 Å². The molecule has 1 fully saturated rings. The van der Waals surface area contributed by atoms with Crippen molar-refractivity contribution in [2.45, 2.75) is 25.0 Å². The monoisotopic (exact) mass is 319 g/mol. The van der Waals surface area contributed by atoms with Crippen molar-refractivity contribution in [1.82, 2.24) is 15.3 Å². The highest BCUT2D eigenvalue weighted by atomic mass is 32.2. The first-order valence-corrected chi connectivity index (χ1v) is 8.61. The van der Waals surface area contributed by atoms with Gasteiger partial charge in [0.05, 0.1) is 28.6 Å². The van der Waals surface area contributed by atoms with Crippen LogP contribution in [0.25, 0.3) is 11.0 Å². The Morgan fingerprint density at radius 3 is 2.95 bits per heavy atom. The number of aliphatic hydroxyl groups excluding tert-OH is 1. The van der Waals surface area contributed by atoms with Gasteiger partial charge in [0.1, 0.15) is 5.82 Å². The SMILES string of the molecule is CC(SCC(=O)NCC1(CO)CC1)c1nc2ccccc2[nH]1. The fourth-order valence-corrected chi connectivity index (χ4v) is 3.12. The van der Waals surface area contributed by atoms with Crippen molar-refractivity contribution in [1.29, 1.82) is 0 Å². The maximum Gasteiger partial charge on any atom is 0.230 e. The van der Waals surface area contributed by atoms with Crippen LogP contribution in [0.4, 0.5) is 0 Å². The average molecular weight is 319 g/mol. The van der Waals surface area contributed by atoms with Crippen LogP contribution in [0.1, 0.15) is 30.8 Å². The summed E-state index contributed by atoms with van der Waals surface area (Å²) in [6, 6.07) is 7.92. The van der Waals surface area contributed by atoms with E-state index in [-0.39, 0.29) is 23.2 Å². The van der Waals surface area contributed by atoms with E-state index in [0.717, 1.165) is 29.7 Å². The molecule has 1 aromatic heterocycles. The third-order valence-electron chi connectivity index (χ3n) is 4.21. The highest BCUT2D eigenvalue weighted by molar-refractivity contribution is 8.00. The number of benzene rings is 1. The Morgan fingerprint density at radius 1 is 1.50 bits per heavy atom. The number of aliphatic hydroxyl groups is 1. The Hall–Kier alpha value is -1.53. The van der Waals surface area contributed by atoms with E-state index in [9.17, 15) is 9.90 Å². The van der Waals surface area contributed by atoms with E-state index in [1.165, 1.54) is 0 Å². The van der Waals surface area contributed by atoms with E-state index in [0.29, 0.717) is 12.3 Å². The molecule has 0 spiro atoms. The average Bonchev–Trinajstić information content (AvgIpc) is 3.20. The lowest BCUT2D eigenvalue weighted by Gasteiger charge is -2.13. The molecule has 5 nitrogen and oxygen atoms in total. The number of hydrogen-bond donors (Lipinski definition) is 3. The molecule has 1 saturated carbocycles. The van der Waals surface area contributed by atoms with Gasteiger partial charge in [-0.2, -0.15) is 0 Å². The first-order chi connectivity index (χ1) is 10.6. The zero-order valence-electron chi connectivity index (χ0n) is 12.6. The summed E-state index contributed by atoms with van der Waals surface area (Å²) in [5.74, 6) is 1.32. The van der Waals surface area contributed by atoms with Crippen LogP contribution in [0.15, 0.2) is 24.3 Å². The van der Waals surface area contributed by atoms with Crippen molar-refractivity contribution in [2.24, 2.45) is 5.41 Å². The molecule has 0 saturated heterocycles. The minimum absolute atomic E-state index is 0.0210. The zero-order valence-corrected chi connectivity index (χ0v) is 13.4. The Bertz CT molecular complexity index is 633. The maximum atomic E-state index is 11.9. The fourth-order valence-electron chi connectivity index (χ4n) is 2.35. The molecule has 0 radical (unpaired) electrons. The lowest BCUT2D eigenvalue weighted by molar-refractivity contribution is -0.118. The Kier molecular flexibility index (Phi) is 4.40. The number of aromatic nitrogens is 2. The van der Waals surface area contributed by atoms with Crippen LogP contribution in [0.5, 0.6) is 0 Å². The minimum Gasteiger partial charge on any atom is -0.396 e. The van der Waals surface area contributed by atoms with Gasteiger partial charge in [0.2, 0.25) is 5.91 Å². The first kappa shape index (κ1) is 15.4. The molecule has 3 rings (SSSR count). The third-order valence-corrected chi connectivity index (χ3v) is 5.36. The fraction of sp³-hybridized carbons (Fsp3) is 0.500. The molecule has 1 aromatic carbocycles. The van der Waals surface area contributed by atoms with Crippen molar-refractivity contribution in [2.75, 3.05) is 18.9 Å². The second-order valence-corrected chi connectivity index (χ2v) is 7.36. The number of rotatable bonds is 7. The van der Waals surface area contributed by atoms with Crippen LogP contribution in [0.3, 0.4) is 0 Å². The molecule has 2 aromatic rings. The van der Waals surface area contributed by atoms with Crippen LogP contribution in [0, 0.1) is 5.41 Å².